The molecule has 0 fully saturated rings. The molecular weight excluding hydrogens is 336 g/mol. The van der Waals surface area contributed by atoms with Gasteiger partial charge in [-0.1, -0.05) is 38.0 Å². The first kappa shape index (κ1) is 21.5. The zero-order valence-corrected chi connectivity index (χ0v) is 17.3. The molecule has 0 amide bonds. The van der Waals surface area contributed by atoms with Gasteiger partial charge in [0, 0.05) is 18.3 Å². The Morgan fingerprint density at radius 1 is 1.19 bits per heavy atom. The van der Waals surface area contributed by atoms with Crippen molar-refractivity contribution < 1.29 is 14.4 Å². The third-order valence-electron chi connectivity index (χ3n) is 6.61. The van der Waals surface area contributed by atoms with Crippen molar-refractivity contribution in [2.45, 2.75) is 79.1 Å². The van der Waals surface area contributed by atoms with E-state index in [9.17, 15) is 9.59 Å². The number of hydrogen-bond acceptors (Lipinski definition) is 3. The van der Waals surface area contributed by atoms with Gasteiger partial charge in [0.05, 0.1) is 0 Å². The van der Waals surface area contributed by atoms with E-state index in [-0.39, 0.29) is 5.41 Å². The Morgan fingerprint density at radius 2 is 1.85 bits per heavy atom. The van der Waals surface area contributed by atoms with Crippen LogP contribution in [-0.4, -0.2) is 18.4 Å². The minimum Gasteiger partial charge on any atom is -0.304 e. The monoisotopic (exact) mass is 370 g/mol. The molecule has 3 nitrogen and oxygen atoms in total. The Kier molecular flexibility index (Phi) is 7.52. The van der Waals surface area contributed by atoms with Crippen LogP contribution in [0.3, 0.4) is 0 Å². The van der Waals surface area contributed by atoms with Crippen LogP contribution in [-0.2, 0) is 14.4 Å². The van der Waals surface area contributed by atoms with Gasteiger partial charge in [0.15, 0.2) is 5.78 Å². The average molecular weight is 371 g/mol. The summed E-state index contributed by atoms with van der Waals surface area (Å²) in [5.41, 5.74) is 6.71. The van der Waals surface area contributed by atoms with Crippen LogP contribution in [0, 0.1) is 17.3 Å². The fourth-order valence-electron chi connectivity index (χ4n) is 5.16. The van der Waals surface area contributed by atoms with Gasteiger partial charge in [0.2, 0.25) is 0 Å². The Labute approximate surface area is 164 Å². The van der Waals surface area contributed by atoms with Crippen LogP contribution in [0.4, 0.5) is 0 Å². The predicted molar refractivity (Wildman–Crippen MR) is 109 cm³/mol. The van der Waals surface area contributed by atoms with Gasteiger partial charge >= 0.3 is 0 Å². The van der Waals surface area contributed by atoms with E-state index in [1.54, 1.807) is 16.7 Å². The molecule has 4 rings (SSSR count). The van der Waals surface area contributed by atoms with Crippen molar-refractivity contribution in [3.05, 3.63) is 34.4 Å². The van der Waals surface area contributed by atoms with E-state index in [0.717, 1.165) is 43.7 Å². The summed E-state index contributed by atoms with van der Waals surface area (Å²) in [5.74, 6) is 2.02. The van der Waals surface area contributed by atoms with Gasteiger partial charge in [-0.05, 0) is 74.5 Å². The molecular formula is C24H34O3. The summed E-state index contributed by atoms with van der Waals surface area (Å²) in [6.45, 7) is 8.07. The molecule has 0 aromatic carbocycles. The smallest absolute Gasteiger partial charge is 0.155 e. The largest absolute Gasteiger partial charge is 0.304 e. The Balaban J connectivity index is 0.000000327. The van der Waals surface area contributed by atoms with Crippen molar-refractivity contribution in [3.63, 3.8) is 0 Å². The summed E-state index contributed by atoms with van der Waals surface area (Å²) in [6, 6.07) is 0. The van der Waals surface area contributed by atoms with Crippen molar-refractivity contribution in [2.75, 3.05) is 0 Å². The van der Waals surface area contributed by atoms with E-state index in [1.165, 1.54) is 38.2 Å². The third-order valence-corrected chi connectivity index (χ3v) is 6.61. The lowest BCUT2D eigenvalue weighted by atomic mass is 9.58. The van der Waals surface area contributed by atoms with Crippen LogP contribution in [0.2, 0.25) is 0 Å². The predicted octanol–water partition coefficient (Wildman–Crippen LogP) is 5.55. The second-order valence-electron chi connectivity index (χ2n) is 8.25. The van der Waals surface area contributed by atoms with Crippen molar-refractivity contribution in [1.29, 1.82) is 0 Å². The van der Waals surface area contributed by atoms with Crippen molar-refractivity contribution >= 4 is 18.4 Å². The SMILES string of the molecule is CC1CC=C2C3=C(CCC21)C1(C)CCC(=O)C=C1CC3.CC=O.CCC=O. The molecule has 3 unspecified atom stereocenters. The molecule has 0 N–H and O–H groups in total. The summed E-state index contributed by atoms with van der Waals surface area (Å²) in [5, 5.41) is 0. The van der Waals surface area contributed by atoms with Gasteiger partial charge in [0.1, 0.15) is 12.6 Å². The number of ketones is 1. The van der Waals surface area contributed by atoms with E-state index in [2.05, 4.69) is 19.9 Å². The van der Waals surface area contributed by atoms with E-state index >= 15 is 0 Å². The van der Waals surface area contributed by atoms with Crippen molar-refractivity contribution in [2.24, 2.45) is 17.3 Å². The van der Waals surface area contributed by atoms with Crippen LogP contribution in [0.15, 0.2) is 34.4 Å². The van der Waals surface area contributed by atoms with Crippen molar-refractivity contribution in [1.82, 2.24) is 0 Å². The zero-order valence-electron chi connectivity index (χ0n) is 17.3. The van der Waals surface area contributed by atoms with Crippen LogP contribution in [0.5, 0.6) is 0 Å². The lowest BCUT2D eigenvalue weighted by molar-refractivity contribution is -0.115. The van der Waals surface area contributed by atoms with Gasteiger partial charge in [-0.3, -0.25) is 4.79 Å². The van der Waals surface area contributed by atoms with Gasteiger partial charge in [0.25, 0.3) is 0 Å². The fourth-order valence-corrected chi connectivity index (χ4v) is 5.16. The maximum absolute atomic E-state index is 11.7. The number of allylic oxidation sites excluding steroid dienone is 6. The minimum absolute atomic E-state index is 0.207. The second-order valence-corrected chi connectivity index (χ2v) is 8.25. The minimum atomic E-state index is 0.207. The molecule has 0 heterocycles. The van der Waals surface area contributed by atoms with E-state index in [4.69, 9.17) is 4.79 Å². The highest BCUT2D eigenvalue weighted by molar-refractivity contribution is 5.92. The number of carbonyl (C=O) groups is 3. The average Bonchev–Trinajstić information content (AvgIpc) is 3.04. The number of aldehydes is 2. The van der Waals surface area contributed by atoms with Crippen LogP contribution in [0.25, 0.3) is 0 Å². The van der Waals surface area contributed by atoms with Gasteiger partial charge < -0.3 is 9.59 Å². The molecule has 148 valence electrons. The quantitative estimate of drug-likeness (QED) is 0.569. The standard InChI is InChI=1S/C19H24O.C3H6O.C2H4O/c1-12-3-5-16-15(12)7-8-18-17(16)6-4-13-11-14(20)9-10-19(13,18)2;1-2-3-4;1-2-3/h5,11-12,15H,3-4,6-10H2,1-2H3;3H,2H2,1H3;2H,1H3. The third kappa shape index (κ3) is 4.39. The first-order valence-corrected chi connectivity index (χ1v) is 10.4. The summed E-state index contributed by atoms with van der Waals surface area (Å²) in [6.07, 6.45) is 14.7. The van der Waals surface area contributed by atoms with E-state index in [0.29, 0.717) is 12.2 Å². The molecule has 0 saturated heterocycles. The first-order chi connectivity index (χ1) is 12.9. The molecule has 27 heavy (non-hydrogen) atoms. The highest BCUT2D eigenvalue weighted by atomic mass is 16.1. The summed E-state index contributed by atoms with van der Waals surface area (Å²) >= 11 is 0. The number of fused-ring (bicyclic) bond motifs is 4. The highest BCUT2D eigenvalue weighted by Crippen LogP contribution is 2.57. The molecule has 3 atom stereocenters. The van der Waals surface area contributed by atoms with Gasteiger partial charge in [-0.25, -0.2) is 0 Å². The maximum Gasteiger partial charge on any atom is 0.155 e. The Morgan fingerprint density at radius 3 is 2.48 bits per heavy atom. The lowest BCUT2D eigenvalue weighted by Gasteiger charge is -2.46. The van der Waals surface area contributed by atoms with Crippen molar-refractivity contribution in [3.8, 4) is 0 Å². The first-order valence-electron chi connectivity index (χ1n) is 10.4. The number of carbonyl (C=O) groups excluding carboxylic acids is 3. The molecule has 0 saturated carbocycles. The molecule has 0 aromatic rings. The maximum atomic E-state index is 11.7. The van der Waals surface area contributed by atoms with Crippen LogP contribution >= 0.6 is 0 Å². The molecule has 0 spiro atoms. The number of rotatable bonds is 1. The summed E-state index contributed by atoms with van der Waals surface area (Å²) in [7, 11) is 0. The van der Waals surface area contributed by atoms with Crippen LogP contribution in [0.1, 0.15) is 79.1 Å². The molecule has 0 aromatic heterocycles. The molecule has 0 radical (unpaired) electrons. The van der Waals surface area contributed by atoms with Gasteiger partial charge in [-0.15, -0.1) is 0 Å². The highest BCUT2D eigenvalue weighted by Gasteiger charge is 2.44. The topological polar surface area (TPSA) is 51.2 Å². The summed E-state index contributed by atoms with van der Waals surface area (Å²) < 4.78 is 0. The Bertz CT molecular complexity index is 680. The lowest BCUT2D eigenvalue weighted by Crippen LogP contribution is -2.34. The summed E-state index contributed by atoms with van der Waals surface area (Å²) in [4.78, 5) is 29.7. The molecule has 0 aliphatic heterocycles. The Hall–Kier alpha value is -1.77. The normalized spacial score (nSPS) is 30.9. The zero-order chi connectivity index (χ0) is 20.0. The molecule has 0 bridgehead atoms. The van der Waals surface area contributed by atoms with E-state index in [1.807, 2.05) is 13.0 Å². The van der Waals surface area contributed by atoms with Gasteiger partial charge in [-0.2, -0.15) is 0 Å². The van der Waals surface area contributed by atoms with E-state index < -0.39 is 0 Å². The fraction of sp³-hybridized carbons (Fsp3) is 0.625. The molecule has 3 heteroatoms. The van der Waals surface area contributed by atoms with Crippen LogP contribution < -0.4 is 0 Å². The molecule has 4 aliphatic carbocycles. The molecule has 4 aliphatic rings. The number of hydrogen-bond donors (Lipinski definition) is 0. The second kappa shape index (κ2) is 9.43.